The van der Waals surface area contributed by atoms with Gasteiger partial charge in [-0.05, 0) is 80.4 Å². The molecule has 1 unspecified atom stereocenters. The third-order valence-corrected chi connectivity index (χ3v) is 6.42. The van der Waals surface area contributed by atoms with Gasteiger partial charge in [0.25, 0.3) is 0 Å². The van der Waals surface area contributed by atoms with Gasteiger partial charge in [-0.3, -0.25) is 0 Å². The van der Waals surface area contributed by atoms with E-state index in [2.05, 4.69) is 31.3 Å². The Kier molecular flexibility index (Phi) is 3.40. The third-order valence-electron chi connectivity index (χ3n) is 6.42. The van der Waals surface area contributed by atoms with Gasteiger partial charge >= 0.3 is 0 Å². The van der Waals surface area contributed by atoms with Crippen LogP contribution < -0.4 is 5.32 Å². The Hall–Kier alpha value is -0.760. The number of hydrogen-bond acceptors (Lipinski definition) is 2. The second kappa shape index (κ2) is 5.15. The van der Waals surface area contributed by atoms with Gasteiger partial charge in [-0.2, -0.15) is 0 Å². The van der Waals surface area contributed by atoms with Crippen LogP contribution in [-0.4, -0.2) is 6.54 Å². The SMILES string of the molecule is CCNC(c1ccc(CC)o1)C12CC3CC(CC(C3)C1)C2. The summed E-state index contributed by atoms with van der Waals surface area (Å²) in [6.07, 6.45) is 9.82. The van der Waals surface area contributed by atoms with Crippen LogP contribution in [0.15, 0.2) is 16.5 Å². The zero-order valence-electron chi connectivity index (χ0n) is 13.5. The predicted octanol–water partition coefficient (Wildman–Crippen LogP) is 4.71. The highest BCUT2D eigenvalue weighted by molar-refractivity contribution is 5.17. The normalized spacial score (nSPS) is 38.9. The average Bonchev–Trinajstić information content (AvgIpc) is 2.91. The van der Waals surface area contributed by atoms with E-state index in [9.17, 15) is 0 Å². The van der Waals surface area contributed by atoms with Crippen molar-refractivity contribution in [3.05, 3.63) is 23.7 Å². The molecule has 1 aromatic heterocycles. The maximum atomic E-state index is 6.17. The van der Waals surface area contributed by atoms with Crippen molar-refractivity contribution >= 4 is 0 Å². The van der Waals surface area contributed by atoms with E-state index in [-0.39, 0.29) is 0 Å². The minimum Gasteiger partial charge on any atom is -0.464 e. The number of aryl methyl sites for hydroxylation is 1. The lowest BCUT2D eigenvalue weighted by Crippen LogP contribution is -2.51. The highest BCUT2D eigenvalue weighted by atomic mass is 16.3. The van der Waals surface area contributed by atoms with Crippen LogP contribution in [0.5, 0.6) is 0 Å². The van der Waals surface area contributed by atoms with E-state index in [1.54, 1.807) is 0 Å². The molecule has 21 heavy (non-hydrogen) atoms. The van der Waals surface area contributed by atoms with Crippen LogP contribution in [0.2, 0.25) is 0 Å². The molecule has 0 saturated heterocycles. The molecular weight excluding hydrogens is 258 g/mol. The zero-order chi connectivity index (χ0) is 14.4. The fourth-order valence-corrected chi connectivity index (χ4v) is 6.09. The van der Waals surface area contributed by atoms with Crippen LogP contribution in [0.1, 0.15) is 69.9 Å². The second-order valence-corrected chi connectivity index (χ2v) is 7.93. The van der Waals surface area contributed by atoms with Gasteiger partial charge in [0.2, 0.25) is 0 Å². The maximum Gasteiger partial charge on any atom is 0.121 e. The lowest BCUT2D eigenvalue weighted by molar-refractivity contribution is -0.0782. The molecule has 4 saturated carbocycles. The molecule has 0 spiro atoms. The molecule has 0 aliphatic heterocycles. The van der Waals surface area contributed by atoms with Crippen LogP contribution in [-0.2, 0) is 6.42 Å². The predicted molar refractivity (Wildman–Crippen MR) is 85.1 cm³/mol. The van der Waals surface area contributed by atoms with Crippen LogP contribution in [0, 0.1) is 23.2 Å². The van der Waals surface area contributed by atoms with Gasteiger partial charge in [-0.15, -0.1) is 0 Å². The number of hydrogen-bond donors (Lipinski definition) is 1. The highest BCUT2D eigenvalue weighted by Crippen LogP contribution is 2.64. The third kappa shape index (κ3) is 2.27. The molecule has 1 aromatic rings. The Labute approximate surface area is 128 Å². The summed E-state index contributed by atoms with van der Waals surface area (Å²) in [6.45, 7) is 5.45. The van der Waals surface area contributed by atoms with Crippen LogP contribution in [0.4, 0.5) is 0 Å². The molecular formula is C19H29NO. The van der Waals surface area contributed by atoms with Crippen molar-refractivity contribution in [3.63, 3.8) is 0 Å². The van der Waals surface area contributed by atoms with Gasteiger partial charge in [-0.25, -0.2) is 0 Å². The minimum absolute atomic E-state index is 0.441. The Morgan fingerprint density at radius 2 is 1.71 bits per heavy atom. The molecule has 2 heteroatoms. The fraction of sp³-hybridized carbons (Fsp3) is 0.789. The summed E-state index contributed by atoms with van der Waals surface area (Å²) in [4.78, 5) is 0. The zero-order valence-corrected chi connectivity index (χ0v) is 13.5. The van der Waals surface area contributed by atoms with Crippen molar-refractivity contribution in [3.8, 4) is 0 Å². The molecule has 1 atom stereocenters. The Balaban J connectivity index is 1.66. The largest absolute Gasteiger partial charge is 0.464 e. The summed E-state index contributed by atoms with van der Waals surface area (Å²) in [5.41, 5.74) is 0.480. The molecule has 0 aromatic carbocycles. The number of nitrogens with one attached hydrogen (secondary N) is 1. The van der Waals surface area contributed by atoms with Crippen molar-refractivity contribution in [2.45, 2.75) is 64.8 Å². The quantitative estimate of drug-likeness (QED) is 0.848. The lowest BCUT2D eigenvalue weighted by atomic mass is 9.47. The molecule has 4 fully saturated rings. The van der Waals surface area contributed by atoms with E-state index in [1.165, 1.54) is 44.3 Å². The van der Waals surface area contributed by atoms with Crippen LogP contribution in [0.25, 0.3) is 0 Å². The van der Waals surface area contributed by atoms with Crippen molar-refractivity contribution in [2.75, 3.05) is 6.54 Å². The first-order valence-electron chi connectivity index (χ1n) is 9.04. The molecule has 4 bridgehead atoms. The fourth-order valence-electron chi connectivity index (χ4n) is 6.09. The van der Waals surface area contributed by atoms with Gasteiger partial charge in [0.1, 0.15) is 11.5 Å². The second-order valence-electron chi connectivity index (χ2n) is 7.93. The summed E-state index contributed by atoms with van der Waals surface area (Å²) in [5, 5.41) is 3.80. The maximum absolute atomic E-state index is 6.17. The Morgan fingerprint density at radius 3 is 2.19 bits per heavy atom. The molecule has 1 heterocycles. The standard InChI is InChI=1S/C19H29NO/c1-3-16-5-6-17(21-16)18(20-4-2)19-10-13-7-14(11-19)9-15(8-13)12-19/h5-6,13-15,18,20H,3-4,7-12H2,1-2H3. The van der Waals surface area contributed by atoms with Crippen LogP contribution >= 0.6 is 0 Å². The lowest BCUT2D eigenvalue weighted by Gasteiger charge is -2.59. The van der Waals surface area contributed by atoms with Crippen LogP contribution in [0.3, 0.4) is 0 Å². The first-order chi connectivity index (χ1) is 10.2. The van der Waals surface area contributed by atoms with Crippen molar-refractivity contribution in [1.82, 2.24) is 5.32 Å². The molecule has 0 radical (unpaired) electrons. The highest BCUT2D eigenvalue weighted by Gasteiger charge is 2.54. The van der Waals surface area contributed by atoms with E-state index in [0.717, 1.165) is 36.5 Å². The summed E-state index contributed by atoms with van der Waals surface area (Å²) in [5.74, 6) is 5.34. The van der Waals surface area contributed by atoms with Crippen molar-refractivity contribution in [1.29, 1.82) is 0 Å². The first kappa shape index (κ1) is 13.9. The van der Waals surface area contributed by atoms with E-state index < -0.39 is 0 Å². The molecule has 2 nitrogen and oxygen atoms in total. The minimum atomic E-state index is 0.441. The molecule has 4 aliphatic rings. The summed E-state index contributed by atoms with van der Waals surface area (Å²) in [7, 11) is 0. The van der Waals surface area contributed by atoms with E-state index in [1.807, 2.05) is 0 Å². The molecule has 4 aliphatic carbocycles. The van der Waals surface area contributed by atoms with E-state index in [4.69, 9.17) is 4.42 Å². The first-order valence-corrected chi connectivity index (χ1v) is 9.04. The molecule has 116 valence electrons. The molecule has 1 N–H and O–H groups in total. The molecule has 5 rings (SSSR count). The monoisotopic (exact) mass is 287 g/mol. The number of furan rings is 1. The van der Waals surface area contributed by atoms with E-state index >= 15 is 0 Å². The van der Waals surface area contributed by atoms with Gasteiger partial charge < -0.3 is 9.73 Å². The van der Waals surface area contributed by atoms with Gasteiger partial charge in [0, 0.05) is 6.42 Å². The Morgan fingerprint density at radius 1 is 1.10 bits per heavy atom. The Bertz CT molecular complexity index is 468. The topological polar surface area (TPSA) is 25.2 Å². The summed E-state index contributed by atoms with van der Waals surface area (Å²) in [6, 6.07) is 4.86. The van der Waals surface area contributed by atoms with Crippen molar-refractivity contribution < 1.29 is 4.42 Å². The number of rotatable bonds is 5. The molecule has 0 amide bonds. The van der Waals surface area contributed by atoms with E-state index in [0.29, 0.717) is 11.5 Å². The van der Waals surface area contributed by atoms with Gasteiger partial charge in [0.15, 0.2) is 0 Å². The summed E-state index contributed by atoms with van der Waals surface area (Å²) >= 11 is 0. The van der Waals surface area contributed by atoms with Crippen molar-refractivity contribution in [2.24, 2.45) is 23.2 Å². The summed E-state index contributed by atoms with van der Waals surface area (Å²) < 4.78 is 6.17. The van der Waals surface area contributed by atoms with Gasteiger partial charge in [0.05, 0.1) is 6.04 Å². The smallest absolute Gasteiger partial charge is 0.121 e. The van der Waals surface area contributed by atoms with Gasteiger partial charge in [-0.1, -0.05) is 13.8 Å². The average molecular weight is 287 g/mol.